The van der Waals surface area contributed by atoms with Gasteiger partial charge in [-0.3, -0.25) is 0 Å². The summed E-state index contributed by atoms with van der Waals surface area (Å²) in [5.41, 5.74) is 5.57. The van der Waals surface area contributed by atoms with Gasteiger partial charge in [0.1, 0.15) is 6.10 Å². The van der Waals surface area contributed by atoms with E-state index in [0.717, 1.165) is 32.1 Å². The van der Waals surface area contributed by atoms with Crippen LogP contribution in [0.4, 0.5) is 0 Å². The van der Waals surface area contributed by atoms with Gasteiger partial charge in [-0.05, 0) is 33.1 Å². The molecule has 0 aromatic rings. The molecule has 1 heterocycles. The molecule has 0 radical (unpaired) electrons. The Morgan fingerprint density at radius 2 is 1.71 bits per heavy atom. The van der Waals surface area contributed by atoms with Crippen LogP contribution in [0.1, 0.15) is 46.0 Å². The monoisotopic (exact) mass is 241 g/mol. The third-order valence-electron chi connectivity index (χ3n) is 4.67. The smallest absolute Gasteiger partial charge is 0.163 e. The third-order valence-corrected chi connectivity index (χ3v) is 4.67. The molecule has 0 amide bonds. The fraction of sp³-hybridized carbons (Fsp3) is 1.00. The second-order valence-electron chi connectivity index (χ2n) is 6.38. The number of hydrogen-bond donors (Lipinski definition) is 2. The molecule has 3 aliphatic rings. The van der Waals surface area contributed by atoms with Crippen molar-refractivity contribution in [2.24, 2.45) is 11.7 Å². The molecule has 4 nitrogen and oxygen atoms in total. The standard InChI is InChI=1S/C13H23NO3/c1-12(2)16-10-8(7-9(14)11(10)17-12)13(15)5-3-4-6-13/h8-11,15H,3-7,14H2,1-2H3/t8-,9+,10+,11-/m0/s1. The van der Waals surface area contributed by atoms with Crippen molar-refractivity contribution in [3.05, 3.63) is 0 Å². The number of fused-ring (bicyclic) bond motifs is 1. The molecule has 4 heteroatoms. The molecule has 1 aliphatic heterocycles. The van der Waals surface area contributed by atoms with Crippen LogP contribution in [-0.4, -0.2) is 34.7 Å². The minimum atomic E-state index is -0.569. The average Bonchev–Trinajstić information content (AvgIpc) is 2.85. The average molecular weight is 241 g/mol. The molecule has 3 rings (SSSR count). The molecule has 0 bridgehead atoms. The lowest BCUT2D eigenvalue weighted by Gasteiger charge is -2.33. The van der Waals surface area contributed by atoms with Crippen molar-refractivity contribution in [2.75, 3.05) is 0 Å². The van der Waals surface area contributed by atoms with Crippen LogP contribution in [0.5, 0.6) is 0 Å². The van der Waals surface area contributed by atoms with Crippen LogP contribution in [0, 0.1) is 5.92 Å². The van der Waals surface area contributed by atoms with Gasteiger partial charge in [-0.1, -0.05) is 12.8 Å². The van der Waals surface area contributed by atoms with Crippen molar-refractivity contribution in [3.8, 4) is 0 Å². The van der Waals surface area contributed by atoms with Gasteiger partial charge in [0.05, 0.1) is 11.7 Å². The lowest BCUT2D eigenvalue weighted by Crippen LogP contribution is -2.42. The predicted octanol–water partition coefficient (Wildman–Crippen LogP) is 1.16. The molecule has 2 aliphatic carbocycles. The van der Waals surface area contributed by atoms with Gasteiger partial charge in [0.2, 0.25) is 0 Å². The highest BCUT2D eigenvalue weighted by molar-refractivity contribution is 5.08. The second kappa shape index (κ2) is 3.67. The van der Waals surface area contributed by atoms with Crippen molar-refractivity contribution in [1.29, 1.82) is 0 Å². The van der Waals surface area contributed by atoms with E-state index in [1.54, 1.807) is 0 Å². The summed E-state index contributed by atoms with van der Waals surface area (Å²) in [6, 6.07) is -0.00333. The minimum Gasteiger partial charge on any atom is -0.389 e. The summed E-state index contributed by atoms with van der Waals surface area (Å²) >= 11 is 0. The van der Waals surface area contributed by atoms with Crippen LogP contribution >= 0.6 is 0 Å². The Morgan fingerprint density at radius 3 is 2.35 bits per heavy atom. The molecule has 4 atom stereocenters. The lowest BCUT2D eigenvalue weighted by atomic mass is 9.83. The highest BCUT2D eigenvalue weighted by Gasteiger charge is 2.58. The number of nitrogens with two attached hydrogens (primary N) is 1. The maximum atomic E-state index is 10.7. The summed E-state index contributed by atoms with van der Waals surface area (Å²) in [4.78, 5) is 0. The van der Waals surface area contributed by atoms with E-state index in [-0.39, 0.29) is 24.2 Å². The van der Waals surface area contributed by atoms with Gasteiger partial charge in [-0.25, -0.2) is 0 Å². The summed E-state index contributed by atoms with van der Waals surface area (Å²) in [5.74, 6) is -0.410. The highest BCUT2D eigenvalue weighted by atomic mass is 16.8. The van der Waals surface area contributed by atoms with E-state index in [9.17, 15) is 5.11 Å². The number of rotatable bonds is 1. The summed E-state index contributed by atoms with van der Waals surface area (Å²) in [5, 5.41) is 10.7. The second-order valence-corrected chi connectivity index (χ2v) is 6.38. The zero-order valence-corrected chi connectivity index (χ0v) is 10.7. The van der Waals surface area contributed by atoms with Crippen LogP contribution < -0.4 is 5.73 Å². The van der Waals surface area contributed by atoms with Gasteiger partial charge in [-0.15, -0.1) is 0 Å². The summed E-state index contributed by atoms with van der Waals surface area (Å²) in [6.45, 7) is 3.85. The molecule has 0 spiro atoms. The number of ether oxygens (including phenoxy) is 2. The first-order valence-electron chi connectivity index (χ1n) is 6.75. The molecule has 0 aromatic carbocycles. The number of hydrogen-bond acceptors (Lipinski definition) is 4. The first kappa shape index (κ1) is 11.9. The van der Waals surface area contributed by atoms with E-state index in [2.05, 4.69) is 0 Å². The van der Waals surface area contributed by atoms with Gasteiger partial charge in [-0.2, -0.15) is 0 Å². The zero-order valence-electron chi connectivity index (χ0n) is 10.7. The molecule has 3 N–H and O–H groups in total. The Morgan fingerprint density at radius 1 is 1.12 bits per heavy atom. The Hall–Kier alpha value is -0.160. The Bertz CT molecular complexity index is 312. The van der Waals surface area contributed by atoms with E-state index in [1.807, 2.05) is 13.8 Å². The van der Waals surface area contributed by atoms with Crippen molar-refractivity contribution in [1.82, 2.24) is 0 Å². The van der Waals surface area contributed by atoms with Crippen molar-refractivity contribution in [2.45, 2.75) is 75.6 Å². The van der Waals surface area contributed by atoms with Gasteiger partial charge in [0.15, 0.2) is 5.79 Å². The Labute approximate surface area is 102 Å². The van der Waals surface area contributed by atoms with Crippen molar-refractivity contribution in [3.63, 3.8) is 0 Å². The molecule has 3 fully saturated rings. The Kier molecular flexibility index (Phi) is 2.57. The largest absolute Gasteiger partial charge is 0.389 e. The highest BCUT2D eigenvalue weighted by Crippen LogP contribution is 2.49. The van der Waals surface area contributed by atoms with Crippen molar-refractivity contribution >= 4 is 0 Å². The van der Waals surface area contributed by atoms with E-state index < -0.39 is 11.4 Å². The summed E-state index contributed by atoms with van der Waals surface area (Å²) < 4.78 is 11.8. The lowest BCUT2D eigenvalue weighted by molar-refractivity contribution is -0.169. The fourth-order valence-electron chi connectivity index (χ4n) is 3.90. The van der Waals surface area contributed by atoms with E-state index in [1.165, 1.54) is 0 Å². The molecule has 98 valence electrons. The summed E-state index contributed by atoms with van der Waals surface area (Å²) in [7, 11) is 0. The molecule has 0 aromatic heterocycles. The van der Waals surface area contributed by atoms with Crippen molar-refractivity contribution < 1.29 is 14.6 Å². The molecule has 2 saturated carbocycles. The van der Waals surface area contributed by atoms with Crippen LogP contribution in [0.3, 0.4) is 0 Å². The third kappa shape index (κ3) is 1.82. The maximum absolute atomic E-state index is 10.7. The van der Waals surface area contributed by atoms with Crippen LogP contribution in [0.25, 0.3) is 0 Å². The van der Waals surface area contributed by atoms with Crippen LogP contribution in [0.15, 0.2) is 0 Å². The topological polar surface area (TPSA) is 64.7 Å². The van der Waals surface area contributed by atoms with Crippen LogP contribution in [-0.2, 0) is 9.47 Å². The molecule has 1 saturated heterocycles. The van der Waals surface area contributed by atoms with Gasteiger partial charge < -0.3 is 20.3 Å². The van der Waals surface area contributed by atoms with E-state index in [0.29, 0.717) is 0 Å². The van der Waals surface area contributed by atoms with Gasteiger partial charge >= 0.3 is 0 Å². The Balaban J connectivity index is 1.83. The van der Waals surface area contributed by atoms with Gasteiger partial charge in [0.25, 0.3) is 0 Å². The first-order valence-corrected chi connectivity index (χ1v) is 6.75. The molecular weight excluding hydrogens is 218 g/mol. The quantitative estimate of drug-likeness (QED) is 0.723. The summed E-state index contributed by atoms with van der Waals surface area (Å²) in [6.07, 6.45) is 4.76. The molecular formula is C13H23NO3. The molecule has 0 unspecified atom stereocenters. The van der Waals surface area contributed by atoms with Gasteiger partial charge in [0, 0.05) is 12.0 Å². The minimum absolute atomic E-state index is 0.00333. The maximum Gasteiger partial charge on any atom is 0.163 e. The molecule has 17 heavy (non-hydrogen) atoms. The number of aliphatic hydroxyl groups is 1. The normalized spacial score (nSPS) is 47.3. The van der Waals surface area contributed by atoms with E-state index >= 15 is 0 Å². The zero-order chi connectivity index (χ0) is 12.3. The van der Waals surface area contributed by atoms with E-state index in [4.69, 9.17) is 15.2 Å². The SMILES string of the molecule is CC1(C)O[C@@H]2[C@H](O1)[C@@H](C1(O)CCCC1)C[C@H]2N. The fourth-order valence-corrected chi connectivity index (χ4v) is 3.90. The first-order chi connectivity index (χ1) is 7.91. The van der Waals surface area contributed by atoms with Crippen LogP contribution in [0.2, 0.25) is 0 Å². The predicted molar refractivity (Wildman–Crippen MR) is 63.3 cm³/mol.